The molecule has 7 rings (SSSR count). The molecule has 7 heteroatoms. The fraction of sp³-hybridized carbons (Fsp3) is 0.320. The molecule has 2 aromatic rings. The molecule has 2 aromatic carbocycles. The van der Waals surface area contributed by atoms with Crippen LogP contribution >= 0.6 is 15.9 Å². The number of rotatable bonds is 5. The molecule has 6 atom stereocenters. The molecule has 1 heterocycles. The maximum absolute atomic E-state index is 13.0. The quantitative estimate of drug-likeness (QED) is 0.500. The zero-order valence-corrected chi connectivity index (χ0v) is 18.7. The SMILES string of the molecule is O=C(CN1C(=O)[C@H]2[C@@H]3C=C[C@H]([C@@H]4C[C@H]34)[C@@H]2C1=O)Nc1ccc(Oc2ccc(Br)cc2)cc1. The fourth-order valence-electron chi connectivity index (χ4n) is 5.76. The number of carbonyl (C=O) groups is 3. The van der Waals surface area contributed by atoms with Crippen molar-refractivity contribution < 1.29 is 19.1 Å². The average molecular weight is 493 g/mol. The summed E-state index contributed by atoms with van der Waals surface area (Å²) in [6.45, 7) is -0.239. The first-order valence-electron chi connectivity index (χ1n) is 10.9. The minimum Gasteiger partial charge on any atom is -0.457 e. The summed E-state index contributed by atoms with van der Waals surface area (Å²) in [4.78, 5) is 39.8. The lowest BCUT2D eigenvalue weighted by atomic mass is 9.63. The Balaban J connectivity index is 1.09. The number of likely N-dealkylation sites (tertiary alicyclic amines) is 1. The van der Waals surface area contributed by atoms with Gasteiger partial charge in [0.05, 0.1) is 11.8 Å². The predicted molar refractivity (Wildman–Crippen MR) is 121 cm³/mol. The highest BCUT2D eigenvalue weighted by atomic mass is 79.9. The van der Waals surface area contributed by atoms with Crippen molar-refractivity contribution in [1.29, 1.82) is 0 Å². The minimum absolute atomic E-state index is 0.165. The largest absolute Gasteiger partial charge is 0.457 e. The predicted octanol–water partition coefficient (Wildman–Crippen LogP) is 4.23. The second-order valence-corrected chi connectivity index (χ2v) is 9.96. The highest BCUT2D eigenvalue weighted by Crippen LogP contribution is 2.65. The van der Waals surface area contributed by atoms with E-state index in [2.05, 4.69) is 33.4 Å². The van der Waals surface area contributed by atoms with Crippen molar-refractivity contribution in [2.45, 2.75) is 6.42 Å². The molecule has 5 aliphatic rings. The van der Waals surface area contributed by atoms with Crippen LogP contribution in [0.5, 0.6) is 11.5 Å². The molecule has 0 spiro atoms. The van der Waals surface area contributed by atoms with Gasteiger partial charge in [0, 0.05) is 10.2 Å². The van der Waals surface area contributed by atoms with Gasteiger partial charge in [0.25, 0.3) is 0 Å². The van der Waals surface area contributed by atoms with Crippen molar-refractivity contribution in [2.75, 3.05) is 11.9 Å². The van der Waals surface area contributed by atoms with E-state index in [9.17, 15) is 14.4 Å². The van der Waals surface area contributed by atoms with Crippen molar-refractivity contribution in [2.24, 2.45) is 35.5 Å². The third kappa shape index (κ3) is 3.18. The van der Waals surface area contributed by atoms with E-state index < -0.39 is 0 Å². The molecule has 1 saturated heterocycles. The van der Waals surface area contributed by atoms with Crippen LogP contribution < -0.4 is 10.1 Å². The van der Waals surface area contributed by atoms with Gasteiger partial charge in [-0.15, -0.1) is 0 Å². The average Bonchev–Trinajstić information content (AvgIpc) is 3.58. The van der Waals surface area contributed by atoms with Crippen LogP contribution in [0.3, 0.4) is 0 Å². The summed E-state index contributed by atoms with van der Waals surface area (Å²) in [5.41, 5.74) is 0.581. The Morgan fingerprint density at radius 3 is 2.00 bits per heavy atom. The van der Waals surface area contributed by atoms with Crippen LogP contribution in [0.1, 0.15) is 6.42 Å². The molecule has 1 N–H and O–H groups in total. The minimum atomic E-state index is -0.377. The van der Waals surface area contributed by atoms with Gasteiger partial charge in [0.15, 0.2) is 0 Å². The number of benzene rings is 2. The molecular weight excluding hydrogens is 472 g/mol. The summed E-state index contributed by atoms with van der Waals surface area (Å²) in [6.07, 6.45) is 5.39. The van der Waals surface area contributed by atoms with E-state index in [0.29, 0.717) is 29.0 Å². The molecule has 0 aromatic heterocycles. The summed E-state index contributed by atoms with van der Waals surface area (Å²) >= 11 is 3.39. The summed E-state index contributed by atoms with van der Waals surface area (Å²) in [5, 5.41) is 2.78. The van der Waals surface area contributed by atoms with Gasteiger partial charge < -0.3 is 10.1 Å². The lowest BCUT2D eigenvalue weighted by Gasteiger charge is -2.37. The molecular formula is C25H21BrN2O4. The van der Waals surface area contributed by atoms with Crippen LogP contribution in [-0.4, -0.2) is 29.2 Å². The van der Waals surface area contributed by atoms with Gasteiger partial charge in [-0.05, 0) is 78.6 Å². The van der Waals surface area contributed by atoms with Gasteiger partial charge in [-0.2, -0.15) is 0 Å². The number of nitrogens with zero attached hydrogens (tertiary/aromatic N) is 1. The Kier molecular flexibility index (Phi) is 4.50. The lowest BCUT2D eigenvalue weighted by molar-refractivity contribution is -0.142. The number of carbonyl (C=O) groups excluding carboxylic acids is 3. The number of ether oxygens (including phenoxy) is 1. The van der Waals surface area contributed by atoms with Gasteiger partial charge in [-0.25, -0.2) is 0 Å². The van der Waals surface area contributed by atoms with E-state index in [4.69, 9.17) is 4.74 Å². The maximum atomic E-state index is 13.0. The zero-order chi connectivity index (χ0) is 22.0. The molecule has 2 saturated carbocycles. The van der Waals surface area contributed by atoms with E-state index in [0.717, 1.165) is 10.9 Å². The van der Waals surface area contributed by atoms with Crippen LogP contribution in [0, 0.1) is 35.5 Å². The van der Waals surface area contributed by atoms with Gasteiger partial charge in [0.1, 0.15) is 18.0 Å². The summed E-state index contributed by atoms with van der Waals surface area (Å²) < 4.78 is 6.75. The Morgan fingerprint density at radius 1 is 0.906 bits per heavy atom. The monoisotopic (exact) mass is 492 g/mol. The normalized spacial score (nSPS) is 31.3. The highest BCUT2D eigenvalue weighted by Gasteiger charge is 2.67. The number of halogens is 1. The molecule has 4 aliphatic carbocycles. The zero-order valence-electron chi connectivity index (χ0n) is 17.1. The van der Waals surface area contributed by atoms with Crippen LogP contribution in [0.4, 0.5) is 5.69 Å². The van der Waals surface area contributed by atoms with Crippen LogP contribution in [0.2, 0.25) is 0 Å². The number of imide groups is 1. The van der Waals surface area contributed by atoms with E-state index in [-0.39, 0.29) is 47.9 Å². The summed E-state index contributed by atoms with van der Waals surface area (Å²) in [7, 11) is 0. The molecule has 0 unspecified atom stereocenters. The summed E-state index contributed by atoms with van der Waals surface area (Å²) in [5.74, 6) is 1.49. The lowest BCUT2D eigenvalue weighted by Crippen LogP contribution is -2.40. The van der Waals surface area contributed by atoms with Gasteiger partial charge in [-0.1, -0.05) is 28.1 Å². The number of anilines is 1. The van der Waals surface area contributed by atoms with Crippen molar-refractivity contribution in [3.8, 4) is 11.5 Å². The molecule has 32 heavy (non-hydrogen) atoms. The van der Waals surface area contributed by atoms with Crippen molar-refractivity contribution >= 4 is 39.3 Å². The third-order valence-electron chi connectivity index (χ3n) is 7.24. The summed E-state index contributed by atoms with van der Waals surface area (Å²) in [6, 6.07) is 14.5. The van der Waals surface area contributed by atoms with Crippen LogP contribution in [0.25, 0.3) is 0 Å². The third-order valence-corrected chi connectivity index (χ3v) is 7.77. The van der Waals surface area contributed by atoms with E-state index in [1.165, 1.54) is 4.90 Å². The van der Waals surface area contributed by atoms with Gasteiger partial charge in [0.2, 0.25) is 17.7 Å². The topological polar surface area (TPSA) is 75.7 Å². The smallest absolute Gasteiger partial charge is 0.244 e. The maximum Gasteiger partial charge on any atom is 0.244 e. The van der Waals surface area contributed by atoms with Crippen molar-refractivity contribution in [3.63, 3.8) is 0 Å². The van der Waals surface area contributed by atoms with Crippen LogP contribution in [-0.2, 0) is 14.4 Å². The first kappa shape index (κ1) is 19.7. The molecule has 2 bridgehead atoms. The Hall–Kier alpha value is -2.93. The second-order valence-electron chi connectivity index (χ2n) is 9.05. The van der Waals surface area contributed by atoms with Gasteiger partial charge >= 0.3 is 0 Å². The number of allylic oxidation sites excluding steroid dienone is 2. The second kappa shape index (κ2) is 7.30. The van der Waals surface area contributed by atoms with E-state index in [1.807, 2.05) is 24.3 Å². The Bertz CT molecular complexity index is 1110. The number of amides is 3. The molecule has 1 aliphatic heterocycles. The van der Waals surface area contributed by atoms with E-state index in [1.54, 1.807) is 24.3 Å². The molecule has 0 radical (unpaired) electrons. The number of hydrogen-bond donors (Lipinski definition) is 1. The standard InChI is InChI=1S/C25H21BrN2O4/c26-13-1-5-15(6-2-13)32-16-7-3-14(4-8-16)27-21(29)12-28-24(30)22-17-9-10-18(20-11-19(17)20)23(22)25(28)31/h1-10,17-20,22-23H,11-12H2,(H,27,29)/t17-,18-,19-,20+,22+,23+/m1/s1. The Labute approximate surface area is 193 Å². The first-order chi connectivity index (χ1) is 15.5. The molecule has 3 fully saturated rings. The number of hydrogen-bond acceptors (Lipinski definition) is 4. The molecule has 162 valence electrons. The molecule has 6 nitrogen and oxygen atoms in total. The van der Waals surface area contributed by atoms with Gasteiger partial charge in [-0.3, -0.25) is 19.3 Å². The number of nitrogens with one attached hydrogen (secondary N) is 1. The Morgan fingerprint density at radius 2 is 1.44 bits per heavy atom. The fourth-order valence-corrected chi connectivity index (χ4v) is 6.03. The van der Waals surface area contributed by atoms with E-state index >= 15 is 0 Å². The highest BCUT2D eigenvalue weighted by molar-refractivity contribution is 9.10. The molecule has 3 amide bonds. The first-order valence-corrected chi connectivity index (χ1v) is 11.7. The van der Waals surface area contributed by atoms with Crippen molar-refractivity contribution in [3.05, 3.63) is 65.2 Å². The van der Waals surface area contributed by atoms with Crippen LogP contribution in [0.15, 0.2) is 65.2 Å². The van der Waals surface area contributed by atoms with Crippen molar-refractivity contribution in [1.82, 2.24) is 4.90 Å².